The Balaban J connectivity index is 1.46. The van der Waals surface area contributed by atoms with Gasteiger partial charge in [-0.1, -0.05) is 0 Å². The van der Waals surface area contributed by atoms with Gasteiger partial charge in [0.15, 0.2) is 0 Å². The molecule has 3 unspecified atom stereocenters. The van der Waals surface area contributed by atoms with E-state index in [0.717, 1.165) is 36.0 Å². The van der Waals surface area contributed by atoms with Crippen LogP contribution in [-0.4, -0.2) is 48.1 Å². The number of benzene rings is 1. The number of rotatable bonds is 4. The Kier molecular flexibility index (Phi) is 5.62. The van der Waals surface area contributed by atoms with E-state index in [1.807, 2.05) is 27.7 Å². The monoisotopic (exact) mass is 412 g/mol. The summed E-state index contributed by atoms with van der Waals surface area (Å²) < 4.78 is 11.3. The third kappa shape index (κ3) is 4.24. The van der Waals surface area contributed by atoms with Gasteiger partial charge in [-0.15, -0.1) is 0 Å². The molecule has 1 aromatic carbocycles. The van der Waals surface area contributed by atoms with Gasteiger partial charge in [-0.05, 0) is 83.5 Å². The van der Waals surface area contributed by atoms with Gasteiger partial charge in [0, 0.05) is 24.2 Å². The number of hydrogen-bond acceptors (Lipinski definition) is 5. The molecule has 2 aliphatic heterocycles. The zero-order valence-corrected chi connectivity index (χ0v) is 18.4. The van der Waals surface area contributed by atoms with Gasteiger partial charge in [-0.3, -0.25) is 4.79 Å². The number of nitrogens with one attached hydrogen (secondary N) is 1. The average molecular weight is 413 g/mol. The number of H-pyrrole nitrogens is 1. The first-order chi connectivity index (χ1) is 14.2. The van der Waals surface area contributed by atoms with Crippen LogP contribution in [-0.2, 0) is 9.53 Å². The molecule has 30 heavy (non-hydrogen) atoms. The van der Waals surface area contributed by atoms with Crippen LogP contribution in [0.4, 0.5) is 0 Å². The van der Waals surface area contributed by atoms with E-state index in [-0.39, 0.29) is 11.9 Å². The standard InChI is InChI=1S/C24H32N2O4/c1-15-10-18(30-23(28)24(2,3)4)11-20-21(15)19(12-25-20)22(27)29-14-17-7-9-26-8-5-6-16(17)13-26/h10-12,16-17,25H,5-9,13-14H2,1-4H3. The van der Waals surface area contributed by atoms with Crippen molar-refractivity contribution in [2.45, 2.75) is 47.0 Å². The lowest BCUT2D eigenvalue weighted by Gasteiger charge is -2.42. The van der Waals surface area contributed by atoms with Crippen LogP contribution in [0.3, 0.4) is 0 Å². The number of carbonyl (C=O) groups excluding carboxylic acids is 2. The van der Waals surface area contributed by atoms with Gasteiger partial charge < -0.3 is 19.4 Å². The summed E-state index contributed by atoms with van der Waals surface area (Å²) in [5.74, 6) is 0.999. The van der Waals surface area contributed by atoms with Crippen molar-refractivity contribution in [2.75, 3.05) is 26.2 Å². The van der Waals surface area contributed by atoms with E-state index in [4.69, 9.17) is 9.47 Å². The van der Waals surface area contributed by atoms with Gasteiger partial charge in [0.1, 0.15) is 5.75 Å². The van der Waals surface area contributed by atoms with Crippen molar-refractivity contribution in [2.24, 2.45) is 17.3 Å². The highest BCUT2D eigenvalue weighted by atomic mass is 16.5. The molecule has 1 aromatic heterocycles. The van der Waals surface area contributed by atoms with E-state index in [9.17, 15) is 9.59 Å². The van der Waals surface area contributed by atoms with Crippen LogP contribution in [0.2, 0.25) is 0 Å². The topological polar surface area (TPSA) is 71.6 Å². The summed E-state index contributed by atoms with van der Waals surface area (Å²) in [6, 6.07) is 3.56. The highest BCUT2D eigenvalue weighted by Crippen LogP contribution is 2.33. The summed E-state index contributed by atoms with van der Waals surface area (Å²) in [5, 5.41) is 0.822. The van der Waals surface area contributed by atoms with Crippen LogP contribution < -0.4 is 4.74 Å². The smallest absolute Gasteiger partial charge is 0.340 e. The van der Waals surface area contributed by atoms with Gasteiger partial charge in [-0.2, -0.15) is 0 Å². The lowest BCUT2D eigenvalue weighted by Crippen LogP contribution is -2.45. The molecule has 0 aliphatic carbocycles. The third-order valence-corrected chi connectivity index (χ3v) is 6.45. The number of hydrogen-bond donors (Lipinski definition) is 1. The first kappa shape index (κ1) is 20.9. The highest BCUT2D eigenvalue weighted by molar-refractivity contribution is 6.05. The predicted octanol–water partition coefficient (Wildman–Crippen LogP) is 4.32. The molecule has 0 amide bonds. The number of piperidine rings is 2. The van der Waals surface area contributed by atoms with Gasteiger partial charge >= 0.3 is 11.9 Å². The van der Waals surface area contributed by atoms with Gasteiger partial charge in [0.05, 0.1) is 23.1 Å². The highest BCUT2D eigenvalue weighted by Gasteiger charge is 2.33. The molecule has 2 aromatic rings. The van der Waals surface area contributed by atoms with E-state index in [0.29, 0.717) is 29.8 Å². The fourth-order valence-corrected chi connectivity index (χ4v) is 4.67. The van der Waals surface area contributed by atoms with Crippen LogP contribution in [0.5, 0.6) is 5.75 Å². The Bertz CT molecular complexity index is 956. The van der Waals surface area contributed by atoms with Gasteiger partial charge in [0.2, 0.25) is 0 Å². The second kappa shape index (κ2) is 8.06. The lowest BCUT2D eigenvalue weighted by atomic mass is 9.80. The molecule has 162 valence electrons. The number of ether oxygens (including phenoxy) is 2. The second-order valence-corrected chi connectivity index (χ2v) is 9.85. The molecular weight excluding hydrogens is 380 g/mol. The van der Waals surface area contributed by atoms with Crippen molar-refractivity contribution < 1.29 is 19.1 Å². The Labute approximate surface area is 177 Å². The Hall–Kier alpha value is -2.34. The Morgan fingerprint density at radius 3 is 2.77 bits per heavy atom. The minimum atomic E-state index is -0.581. The van der Waals surface area contributed by atoms with Crippen LogP contribution in [0, 0.1) is 24.2 Å². The molecule has 2 saturated heterocycles. The molecule has 0 saturated carbocycles. The van der Waals surface area contributed by atoms with E-state index < -0.39 is 5.41 Å². The number of aryl methyl sites for hydroxylation is 1. The maximum Gasteiger partial charge on any atom is 0.340 e. The van der Waals surface area contributed by atoms with E-state index >= 15 is 0 Å². The summed E-state index contributed by atoms with van der Waals surface area (Å²) in [7, 11) is 0. The third-order valence-electron chi connectivity index (χ3n) is 6.45. The quantitative estimate of drug-likeness (QED) is 0.598. The van der Waals surface area contributed by atoms with Crippen LogP contribution in [0.1, 0.15) is 56.0 Å². The largest absolute Gasteiger partial charge is 0.462 e. The van der Waals surface area contributed by atoms with E-state index in [2.05, 4.69) is 9.88 Å². The van der Waals surface area contributed by atoms with Crippen molar-refractivity contribution in [1.82, 2.24) is 9.88 Å². The first-order valence-electron chi connectivity index (χ1n) is 11.0. The number of aromatic nitrogens is 1. The molecule has 2 bridgehead atoms. The number of aromatic amines is 1. The normalized spacial score (nSPS) is 23.9. The molecule has 0 spiro atoms. The van der Waals surface area contributed by atoms with Crippen molar-refractivity contribution in [3.63, 3.8) is 0 Å². The molecule has 3 heterocycles. The molecule has 6 heteroatoms. The maximum absolute atomic E-state index is 12.8. The van der Waals surface area contributed by atoms with Crippen molar-refractivity contribution in [3.8, 4) is 5.75 Å². The van der Waals surface area contributed by atoms with Crippen molar-refractivity contribution in [3.05, 3.63) is 29.5 Å². The summed E-state index contributed by atoms with van der Waals surface area (Å²) in [6.45, 7) is 11.3. The fourth-order valence-electron chi connectivity index (χ4n) is 4.67. The first-order valence-corrected chi connectivity index (χ1v) is 11.0. The zero-order chi connectivity index (χ0) is 21.5. The average Bonchev–Trinajstić information content (AvgIpc) is 3.11. The molecule has 1 N–H and O–H groups in total. The number of nitrogens with zero attached hydrogens (tertiary/aromatic N) is 1. The van der Waals surface area contributed by atoms with Gasteiger partial charge in [-0.25, -0.2) is 4.79 Å². The lowest BCUT2D eigenvalue weighted by molar-refractivity contribution is -0.142. The molecule has 3 atom stereocenters. The summed E-state index contributed by atoms with van der Waals surface area (Å²) >= 11 is 0. The minimum absolute atomic E-state index is 0.290. The van der Waals surface area contributed by atoms with Crippen molar-refractivity contribution >= 4 is 22.8 Å². The second-order valence-electron chi connectivity index (χ2n) is 9.85. The SMILES string of the molecule is Cc1cc(OC(=O)C(C)(C)C)cc2[nH]cc(C(=O)OCC3CCN4CCCC3C4)c12. The van der Waals surface area contributed by atoms with Gasteiger partial charge in [0.25, 0.3) is 0 Å². The summed E-state index contributed by atoms with van der Waals surface area (Å²) in [6.07, 6.45) is 5.28. The predicted molar refractivity (Wildman–Crippen MR) is 116 cm³/mol. The van der Waals surface area contributed by atoms with Crippen LogP contribution >= 0.6 is 0 Å². The van der Waals surface area contributed by atoms with Crippen LogP contribution in [0.25, 0.3) is 10.9 Å². The molecule has 6 nitrogen and oxygen atoms in total. The fraction of sp³-hybridized carbons (Fsp3) is 0.583. The number of esters is 2. The van der Waals surface area contributed by atoms with E-state index in [1.165, 1.54) is 19.4 Å². The molecule has 2 fully saturated rings. The Morgan fingerprint density at radius 2 is 2.00 bits per heavy atom. The maximum atomic E-state index is 12.8. The molecule has 0 radical (unpaired) electrons. The number of carbonyl (C=O) groups is 2. The molecular formula is C24H32N2O4. The zero-order valence-electron chi connectivity index (χ0n) is 18.4. The molecule has 4 rings (SSSR count). The summed E-state index contributed by atoms with van der Waals surface area (Å²) in [4.78, 5) is 30.7. The molecule has 2 aliphatic rings. The van der Waals surface area contributed by atoms with Crippen molar-refractivity contribution in [1.29, 1.82) is 0 Å². The minimum Gasteiger partial charge on any atom is -0.462 e. The van der Waals surface area contributed by atoms with E-state index in [1.54, 1.807) is 18.3 Å². The number of fused-ring (bicyclic) bond motifs is 3. The van der Waals surface area contributed by atoms with Crippen LogP contribution in [0.15, 0.2) is 18.3 Å². The summed E-state index contributed by atoms with van der Waals surface area (Å²) in [5.41, 5.74) is 1.59. The Morgan fingerprint density at radius 1 is 1.20 bits per heavy atom.